The number of thioether (sulfide) groups is 1. The molecule has 19 heavy (non-hydrogen) atoms. The van der Waals surface area contributed by atoms with Crippen LogP contribution in [-0.4, -0.2) is 44.6 Å². The Balaban J connectivity index is 1.66. The van der Waals surface area contributed by atoms with Gasteiger partial charge in [-0.1, -0.05) is 23.4 Å². The predicted octanol–water partition coefficient (Wildman–Crippen LogP) is 2.33. The van der Waals surface area contributed by atoms with E-state index >= 15 is 0 Å². The number of nitrogens with zero attached hydrogens (tertiary/aromatic N) is 3. The summed E-state index contributed by atoms with van der Waals surface area (Å²) in [5.41, 5.74) is 1.42. The number of imidazole rings is 1. The lowest BCUT2D eigenvalue weighted by Gasteiger charge is -2.13. The van der Waals surface area contributed by atoms with Gasteiger partial charge in [0.2, 0.25) is 5.91 Å². The Bertz CT molecular complexity index is 609. The van der Waals surface area contributed by atoms with Crippen LogP contribution < -0.4 is 0 Å². The molecule has 0 unspecified atom stereocenters. The molecule has 7 heteroatoms. The highest BCUT2D eigenvalue weighted by Gasteiger charge is 2.18. The van der Waals surface area contributed by atoms with E-state index in [0.29, 0.717) is 21.6 Å². The van der Waals surface area contributed by atoms with E-state index in [1.165, 1.54) is 11.8 Å². The van der Waals surface area contributed by atoms with Crippen LogP contribution in [0, 0.1) is 0 Å². The average Bonchev–Trinajstić information content (AvgIpc) is 3.04. The Morgan fingerprint density at radius 1 is 1.47 bits per heavy atom. The van der Waals surface area contributed by atoms with Crippen molar-refractivity contribution in [2.75, 3.05) is 18.8 Å². The van der Waals surface area contributed by atoms with Crippen molar-refractivity contribution in [3.05, 3.63) is 17.3 Å². The first-order valence-corrected chi connectivity index (χ1v) is 7.50. The first kappa shape index (κ1) is 12.7. The third kappa shape index (κ3) is 2.84. The number of pyridine rings is 1. The third-order valence-corrected chi connectivity index (χ3v) is 4.14. The van der Waals surface area contributed by atoms with E-state index in [9.17, 15) is 4.79 Å². The van der Waals surface area contributed by atoms with Crippen molar-refractivity contribution in [1.29, 1.82) is 0 Å². The monoisotopic (exact) mass is 296 g/mol. The van der Waals surface area contributed by atoms with E-state index in [1.54, 1.807) is 12.3 Å². The zero-order valence-corrected chi connectivity index (χ0v) is 11.8. The molecule has 100 valence electrons. The number of carbonyl (C=O) groups is 1. The number of hydrogen-bond donors (Lipinski definition) is 1. The predicted molar refractivity (Wildman–Crippen MR) is 75.4 cm³/mol. The van der Waals surface area contributed by atoms with E-state index < -0.39 is 0 Å². The number of halogens is 1. The molecule has 1 fully saturated rings. The Kier molecular flexibility index (Phi) is 3.61. The number of amides is 1. The highest BCUT2D eigenvalue weighted by Crippen LogP contribution is 2.21. The molecule has 2 aromatic heterocycles. The Labute approximate surface area is 119 Å². The molecule has 5 nitrogen and oxygen atoms in total. The number of rotatable bonds is 3. The molecule has 0 bridgehead atoms. The number of hydrogen-bond acceptors (Lipinski definition) is 4. The second-order valence-electron chi connectivity index (χ2n) is 4.44. The Morgan fingerprint density at radius 3 is 3.05 bits per heavy atom. The molecule has 0 atom stereocenters. The van der Waals surface area contributed by atoms with Gasteiger partial charge in [0.25, 0.3) is 0 Å². The summed E-state index contributed by atoms with van der Waals surface area (Å²) < 4.78 is 0. The largest absolute Gasteiger partial charge is 0.342 e. The summed E-state index contributed by atoms with van der Waals surface area (Å²) in [7, 11) is 0. The van der Waals surface area contributed by atoms with Crippen LogP contribution in [0.5, 0.6) is 0 Å². The molecule has 0 saturated carbocycles. The van der Waals surface area contributed by atoms with Gasteiger partial charge in [-0.05, 0) is 18.9 Å². The van der Waals surface area contributed by atoms with Crippen molar-refractivity contribution in [3.8, 4) is 0 Å². The SMILES string of the molecule is O=C(CSc1nc2ncc(Cl)cc2[nH]1)N1CCCC1. The molecule has 3 rings (SSSR count). The highest BCUT2D eigenvalue weighted by atomic mass is 35.5. The minimum atomic E-state index is 0.175. The molecule has 0 radical (unpaired) electrons. The number of aromatic amines is 1. The van der Waals surface area contributed by atoms with E-state index in [4.69, 9.17) is 11.6 Å². The molecule has 1 N–H and O–H groups in total. The number of carbonyl (C=O) groups excluding carboxylic acids is 1. The normalized spacial score (nSPS) is 15.3. The fourth-order valence-electron chi connectivity index (χ4n) is 2.11. The van der Waals surface area contributed by atoms with Gasteiger partial charge in [-0.3, -0.25) is 4.79 Å². The maximum atomic E-state index is 11.9. The van der Waals surface area contributed by atoms with Crippen LogP contribution in [0.2, 0.25) is 5.02 Å². The summed E-state index contributed by atoms with van der Waals surface area (Å²) >= 11 is 7.27. The number of H-pyrrole nitrogens is 1. The average molecular weight is 297 g/mol. The summed E-state index contributed by atoms with van der Waals surface area (Å²) in [6, 6.07) is 1.78. The summed E-state index contributed by atoms with van der Waals surface area (Å²) in [5.74, 6) is 0.585. The van der Waals surface area contributed by atoms with Crippen molar-refractivity contribution >= 4 is 40.4 Å². The molecule has 1 saturated heterocycles. The lowest BCUT2D eigenvalue weighted by Crippen LogP contribution is -2.29. The van der Waals surface area contributed by atoms with Crippen LogP contribution in [-0.2, 0) is 4.79 Å². The molecule has 3 heterocycles. The Morgan fingerprint density at radius 2 is 2.26 bits per heavy atom. The molecular formula is C12H13ClN4OS. The second kappa shape index (κ2) is 5.38. The highest BCUT2D eigenvalue weighted by molar-refractivity contribution is 7.99. The van der Waals surface area contributed by atoms with Gasteiger partial charge in [0.1, 0.15) is 0 Å². The maximum absolute atomic E-state index is 11.9. The first-order valence-electron chi connectivity index (χ1n) is 6.14. The topological polar surface area (TPSA) is 61.9 Å². The van der Waals surface area contributed by atoms with E-state index in [0.717, 1.165) is 31.4 Å². The summed E-state index contributed by atoms with van der Waals surface area (Å²) in [6.07, 6.45) is 3.79. The molecule has 1 aliphatic rings. The van der Waals surface area contributed by atoms with Crippen molar-refractivity contribution in [1.82, 2.24) is 19.9 Å². The Hall–Kier alpha value is -1.27. The van der Waals surface area contributed by atoms with Gasteiger partial charge in [0.15, 0.2) is 10.8 Å². The third-order valence-electron chi connectivity index (χ3n) is 3.07. The minimum Gasteiger partial charge on any atom is -0.342 e. The second-order valence-corrected chi connectivity index (χ2v) is 5.84. The van der Waals surface area contributed by atoms with Crippen molar-refractivity contribution in [2.24, 2.45) is 0 Å². The summed E-state index contributed by atoms with van der Waals surface area (Å²) in [4.78, 5) is 25.4. The molecule has 0 spiro atoms. The fraction of sp³-hybridized carbons (Fsp3) is 0.417. The molecular weight excluding hydrogens is 284 g/mol. The van der Waals surface area contributed by atoms with Crippen LogP contribution in [0.1, 0.15) is 12.8 Å². The van der Waals surface area contributed by atoms with Crippen LogP contribution in [0.15, 0.2) is 17.4 Å². The summed E-state index contributed by atoms with van der Waals surface area (Å²) in [5, 5.41) is 1.28. The van der Waals surface area contributed by atoms with Gasteiger partial charge in [-0.2, -0.15) is 0 Å². The van der Waals surface area contributed by atoms with E-state index in [1.807, 2.05) is 4.90 Å². The zero-order chi connectivity index (χ0) is 13.2. The smallest absolute Gasteiger partial charge is 0.233 e. The van der Waals surface area contributed by atoms with Crippen LogP contribution in [0.3, 0.4) is 0 Å². The molecule has 0 aliphatic carbocycles. The molecule has 1 aliphatic heterocycles. The van der Waals surface area contributed by atoms with Crippen molar-refractivity contribution < 1.29 is 4.79 Å². The van der Waals surface area contributed by atoms with Crippen LogP contribution >= 0.6 is 23.4 Å². The number of nitrogens with one attached hydrogen (secondary N) is 1. The number of aromatic nitrogens is 3. The molecule has 1 amide bonds. The van der Waals surface area contributed by atoms with Gasteiger partial charge < -0.3 is 9.88 Å². The summed E-state index contributed by atoms with van der Waals surface area (Å²) in [6.45, 7) is 1.77. The van der Waals surface area contributed by atoms with Crippen LogP contribution in [0.4, 0.5) is 0 Å². The van der Waals surface area contributed by atoms with Gasteiger partial charge in [0, 0.05) is 19.3 Å². The lowest BCUT2D eigenvalue weighted by molar-refractivity contribution is -0.127. The van der Waals surface area contributed by atoms with Gasteiger partial charge in [0.05, 0.1) is 16.3 Å². The van der Waals surface area contributed by atoms with Gasteiger partial charge in [-0.25, -0.2) is 9.97 Å². The van der Waals surface area contributed by atoms with Crippen molar-refractivity contribution in [2.45, 2.75) is 18.0 Å². The number of likely N-dealkylation sites (tertiary alicyclic amines) is 1. The maximum Gasteiger partial charge on any atom is 0.233 e. The van der Waals surface area contributed by atoms with Crippen molar-refractivity contribution in [3.63, 3.8) is 0 Å². The standard InChI is InChI=1S/C12H13ClN4OS/c13-8-5-9-11(14-6-8)16-12(15-9)19-7-10(18)17-3-1-2-4-17/h5-6H,1-4,7H2,(H,14,15,16). The molecule has 2 aromatic rings. The van der Waals surface area contributed by atoms with Gasteiger partial charge in [-0.15, -0.1) is 0 Å². The lowest BCUT2D eigenvalue weighted by atomic mass is 10.4. The minimum absolute atomic E-state index is 0.175. The van der Waals surface area contributed by atoms with Crippen LogP contribution in [0.25, 0.3) is 11.2 Å². The quantitative estimate of drug-likeness (QED) is 0.883. The number of fused-ring (bicyclic) bond motifs is 1. The van der Waals surface area contributed by atoms with E-state index in [2.05, 4.69) is 15.0 Å². The molecule has 0 aromatic carbocycles. The van der Waals surface area contributed by atoms with E-state index in [-0.39, 0.29) is 5.91 Å². The first-order chi connectivity index (χ1) is 9.22. The fourth-order valence-corrected chi connectivity index (χ4v) is 3.04. The zero-order valence-electron chi connectivity index (χ0n) is 10.2. The van der Waals surface area contributed by atoms with Gasteiger partial charge >= 0.3 is 0 Å².